The third kappa shape index (κ3) is 3.24. The molecule has 13 rings (SSSR count). The van der Waals surface area contributed by atoms with Crippen LogP contribution >= 0.6 is 0 Å². The molecule has 0 radical (unpaired) electrons. The monoisotopic (exact) mass is 634 g/mol. The van der Waals surface area contributed by atoms with Crippen molar-refractivity contribution in [1.82, 2.24) is 0 Å². The minimum absolute atomic E-state index is 0.167. The van der Waals surface area contributed by atoms with Gasteiger partial charge in [-0.15, -0.1) is 0 Å². The van der Waals surface area contributed by atoms with E-state index in [-0.39, 0.29) is 11.8 Å². The van der Waals surface area contributed by atoms with Gasteiger partial charge in [-0.25, -0.2) is 0 Å². The summed E-state index contributed by atoms with van der Waals surface area (Å²) in [5, 5.41) is 0. The summed E-state index contributed by atoms with van der Waals surface area (Å²) in [6.07, 6.45) is 0. The molecule has 4 bridgehead atoms. The highest BCUT2D eigenvalue weighted by molar-refractivity contribution is 5.85. The van der Waals surface area contributed by atoms with E-state index in [4.69, 9.17) is 0 Å². The van der Waals surface area contributed by atoms with Gasteiger partial charge in [-0.2, -0.15) is 0 Å². The number of benzene rings is 7. The van der Waals surface area contributed by atoms with Gasteiger partial charge in [-0.1, -0.05) is 170 Å². The molecule has 6 aliphatic rings. The highest BCUT2D eigenvalue weighted by Gasteiger charge is 2.55. The van der Waals surface area contributed by atoms with Crippen molar-refractivity contribution in [1.29, 1.82) is 0 Å². The molecule has 0 heteroatoms. The molecule has 6 aliphatic carbocycles. The predicted octanol–water partition coefficient (Wildman–Crippen LogP) is 11.0. The van der Waals surface area contributed by atoms with Crippen LogP contribution in [0.25, 0.3) is 11.1 Å². The lowest BCUT2D eigenvalue weighted by Gasteiger charge is -2.51. The van der Waals surface area contributed by atoms with Crippen LogP contribution in [0.2, 0.25) is 0 Å². The van der Waals surface area contributed by atoms with Crippen LogP contribution in [0.1, 0.15) is 89.7 Å². The van der Waals surface area contributed by atoms with Gasteiger partial charge in [0.1, 0.15) is 10.8 Å². The zero-order valence-corrected chi connectivity index (χ0v) is 28.2. The standard InChI is InChI=1S/C50H34/c1-31-27-28-32(2)47-44(31)46-37-19-8-12-25-42(37)49(47,43-26-13-9-20-38(43)46)29-30-50-40-23-10-6-17-35(40)45(36-18-7-11-24-41(36)50)39-22-14-21-34(48(39)50)33-15-4-3-5-16-33/h3-28,45-46H,1-2H3. The molecule has 0 aliphatic heterocycles. The Bertz CT molecular complexity index is 2550. The average Bonchev–Trinajstić information content (AvgIpc) is 3.18. The second-order valence-electron chi connectivity index (χ2n) is 14.6. The number of hydrogen-bond acceptors (Lipinski definition) is 0. The SMILES string of the molecule is Cc1ccc(C)c2c1C1c3ccccc3C2(C#CC23c4ccccc4C(c4ccccc42)c2cccc(-c4ccccc4)c23)c2ccccc21. The van der Waals surface area contributed by atoms with E-state index in [1.807, 2.05) is 0 Å². The van der Waals surface area contributed by atoms with Crippen molar-refractivity contribution in [3.8, 4) is 23.0 Å². The molecule has 0 saturated carbocycles. The third-order valence-corrected chi connectivity index (χ3v) is 12.3. The van der Waals surface area contributed by atoms with Gasteiger partial charge in [0, 0.05) is 11.8 Å². The largest absolute Gasteiger partial charge is 0.108 e. The van der Waals surface area contributed by atoms with E-state index < -0.39 is 10.8 Å². The van der Waals surface area contributed by atoms with E-state index in [1.165, 1.54) is 89.0 Å². The van der Waals surface area contributed by atoms with Crippen LogP contribution < -0.4 is 0 Å². The van der Waals surface area contributed by atoms with Gasteiger partial charge < -0.3 is 0 Å². The quantitative estimate of drug-likeness (QED) is 0.158. The first-order chi connectivity index (χ1) is 24.6. The maximum atomic E-state index is 4.31. The van der Waals surface area contributed by atoms with Crippen molar-refractivity contribution < 1.29 is 0 Å². The van der Waals surface area contributed by atoms with Gasteiger partial charge in [0.15, 0.2) is 0 Å². The van der Waals surface area contributed by atoms with Gasteiger partial charge in [0.2, 0.25) is 0 Å². The number of hydrogen-bond donors (Lipinski definition) is 0. The fourth-order valence-electron chi connectivity index (χ4n) is 10.5. The van der Waals surface area contributed by atoms with Crippen LogP contribution in [0, 0.1) is 25.7 Å². The minimum atomic E-state index is -0.672. The Hall–Kier alpha value is -5.90. The predicted molar refractivity (Wildman–Crippen MR) is 203 cm³/mol. The lowest BCUT2D eigenvalue weighted by molar-refractivity contribution is 0.644. The van der Waals surface area contributed by atoms with E-state index in [0.29, 0.717) is 0 Å². The maximum Gasteiger partial charge on any atom is 0.108 e. The van der Waals surface area contributed by atoms with E-state index >= 15 is 0 Å². The zero-order chi connectivity index (χ0) is 33.2. The molecule has 0 N–H and O–H groups in total. The molecule has 50 heavy (non-hydrogen) atoms. The molecular weight excluding hydrogens is 601 g/mol. The average molecular weight is 635 g/mol. The minimum Gasteiger partial charge on any atom is -0.0802 e. The highest BCUT2D eigenvalue weighted by atomic mass is 14.6. The summed E-state index contributed by atoms with van der Waals surface area (Å²) in [6, 6.07) is 59.1. The Morgan fingerprint density at radius 1 is 0.380 bits per heavy atom. The van der Waals surface area contributed by atoms with Gasteiger partial charge in [-0.05, 0) is 103 Å². The van der Waals surface area contributed by atoms with Gasteiger partial charge in [0.05, 0.1) is 0 Å². The third-order valence-electron chi connectivity index (χ3n) is 12.3. The summed E-state index contributed by atoms with van der Waals surface area (Å²) in [6.45, 7) is 4.59. The van der Waals surface area contributed by atoms with Gasteiger partial charge in [0.25, 0.3) is 0 Å². The highest BCUT2D eigenvalue weighted by Crippen LogP contribution is 2.63. The molecule has 0 spiro atoms. The van der Waals surface area contributed by atoms with Crippen LogP contribution in [-0.4, -0.2) is 0 Å². The first-order valence-electron chi connectivity index (χ1n) is 17.9. The molecule has 0 unspecified atom stereocenters. The lowest BCUT2D eigenvalue weighted by atomic mass is 9.50. The van der Waals surface area contributed by atoms with Crippen molar-refractivity contribution in [2.75, 3.05) is 0 Å². The first kappa shape index (κ1) is 28.0. The summed E-state index contributed by atoms with van der Waals surface area (Å²) in [5.74, 6) is 8.98. The molecule has 0 nitrogen and oxygen atoms in total. The van der Waals surface area contributed by atoms with Crippen LogP contribution in [0.3, 0.4) is 0 Å². The molecule has 7 aromatic carbocycles. The van der Waals surface area contributed by atoms with E-state index in [0.717, 1.165) is 0 Å². The second-order valence-corrected chi connectivity index (χ2v) is 14.6. The smallest absolute Gasteiger partial charge is 0.0802 e. The molecule has 0 aromatic heterocycles. The zero-order valence-electron chi connectivity index (χ0n) is 28.2. The molecular formula is C50H34. The van der Waals surface area contributed by atoms with Gasteiger partial charge in [-0.3, -0.25) is 0 Å². The lowest BCUT2D eigenvalue weighted by Crippen LogP contribution is -2.44. The van der Waals surface area contributed by atoms with E-state index in [9.17, 15) is 0 Å². The van der Waals surface area contributed by atoms with Crippen LogP contribution in [0.4, 0.5) is 0 Å². The Kier molecular flexibility index (Phi) is 5.51. The van der Waals surface area contributed by atoms with Crippen LogP contribution in [-0.2, 0) is 10.8 Å². The van der Waals surface area contributed by atoms with Crippen molar-refractivity contribution >= 4 is 0 Å². The summed E-state index contributed by atoms with van der Waals surface area (Å²) < 4.78 is 0. The second kappa shape index (κ2) is 9.84. The number of rotatable bonds is 1. The molecule has 0 fully saturated rings. The van der Waals surface area contributed by atoms with Crippen LogP contribution in [0.15, 0.2) is 158 Å². The summed E-state index contributed by atoms with van der Waals surface area (Å²) in [4.78, 5) is 0. The molecule has 0 atom stereocenters. The van der Waals surface area contributed by atoms with Crippen molar-refractivity contribution in [3.05, 3.63) is 236 Å². The van der Waals surface area contributed by atoms with E-state index in [2.05, 4.69) is 183 Å². The number of aryl methyl sites for hydroxylation is 2. The summed E-state index contributed by atoms with van der Waals surface area (Å²) in [5.41, 5.74) is 20.2. The molecule has 0 heterocycles. The van der Waals surface area contributed by atoms with Crippen molar-refractivity contribution in [2.24, 2.45) is 0 Å². The Morgan fingerprint density at radius 2 is 0.820 bits per heavy atom. The van der Waals surface area contributed by atoms with Crippen LogP contribution in [0.5, 0.6) is 0 Å². The Morgan fingerprint density at radius 3 is 1.38 bits per heavy atom. The normalized spacial score (nSPS) is 22.2. The molecule has 234 valence electrons. The van der Waals surface area contributed by atoms with E-state index in [1.54, 1.807) is 0 Å². The van der Waals surface area contributed by atoms with Gasteiger partial charge >= 0.3 is 0 Å². The van der Waals surface area contributed by atoms with Crippen molar-refractivity contribution in [2.45, 2.75) is 36.5 Å². The molecule has 0 amide bonds. The first-order valence-corrected chi connectivity index (χ1v) is 17.9. The molecule has 7 aromatic rings. The topological polar surface area (TPSA) is 0 Å². The maximum absolute atomic E-state index is 4.31. The summed E-state index contributed by atoms with van der Waals surface area (Å²) in [7, 11) is 0. The van der Waals surface area contributed by atoms with Crippen molar-refractivity contribution in [3.63, 3.8) is 0 Å². The summed E-state index contributed by atoms with van der Waals surface area (Å²) >= 11 is 0. The Balaban J connectivity index is 1.33. The fourth-order valence-corrected chi connectivity index (χ4v) is 10.5. The Labute approximate surface area is 294 Å². The molecule has 0 saturated heterocycles. The fraction of sp³-hybridized carbons (Fsp3) is 0.120.